The van der Waals surface area contributed by atoms with Crippen molar-refractivity contribution in [1.82, 2.24) is 4.57 Å². The molecule has 8 heteroatoms. The minimum atomic E-state index is -0.653. The lowest BCUT2D eigenvalue weighted by Gasteiger charge is -2.26. The molecule has 2 aliphatic heterocycles. The zero-order chi connectivity index (χ0) is 26.6. The highest BCUT2D eigenvalue weighted by Crippen LogP contribution is 2.48. The second-order valence-corrected chi connectivity index (χ2v) is 9.19. The number of rotatable bonds is 4. The van der Waals surface area contributed by atoms with Crippen LogP contribution in [0.4, 0.5) is 0 Å². The first-order valence-electron chi connectivity index (χ1n) is 12.0. The first-order chi connectivity index (χ1) is 18.4. The van der Waals surface area contributed by atoms with Crippen molar-refractivity contribution in [2.45, 2.75) is 12.3 Å². The Balaban J connectivity index is 1.48. The van der Waals surface area contributed by atoms with Gasteiger partial charge in [-0.3, -0.25) is 14.4 Å². The number of esters is 1. The first-order valence-corrected chi connectivity index (χ1v) is 12.0. The molecule has 3 heterocycles. The molecule has 0 radical (unpaired) electrons. The van der Waals surface area contributed by atoms with Gasteiger partial charge in [0, 0.05) is 30.2 Å². The third-order valence-electron chi connectivity index (χ3n) is 7.03. The number of allylic oxidation sites excluding steroid dienone is 1. The molecule has 0 unspecified atom stereocenters. The monoisotopic (exact) mass is 509 g/mol. The third-order valence-corrected chi connectivity index (χ3v) is 7.03. The van der Waals surface area contributed by atoms with Crippen molar-refractivity contribution in [3.63, 3.8) is 0 Å². The van der Waals surface area contributed by atoms with E-state index >= 15 is 0 Å². The fourth-order valence-electron chi connectivity index (χ4n) is 5.07. The fraction of sp³-hybridized carbons (Fsp3) is 0.167. The molecule has 3 aromatic carbocycles. The van der Waals surface area contributed by atoms with Gasteiger partial charge in [0.15, 0.2) is 5.76 Å². The number of nitrogens with zero attached hydrogens (tertiary/aromatic N) is 1. The highest BCUT2D eigenvalue weighted by Gasteiger charge is 2.39. The molecule has 0 N–H and O–H groups in total. The molecular weight excluding hydrogens is 486 g/mol. The number of Topliss-reactive ketones (excluding diaryl/α,β-unsaturated/α-hetero) is 1. The zero-order valence-corrected chi connectivity index (χ0v) is 20.9. The number of hydrogen-bond acceptors (Lipinski definition) is 7. The first kappa shape index (κ1) is 23.5. The summed E-state index contributed by atoms with van der Waals surface area (Å²) in [7, 11) is 4.83. The van der Waals surface area contributed by atoms with E-state index < -0.39 is 11.9 Å². The summed E-state index contributed by atoms with van der Waals surface area (Å²) in [5, 5.41) is 0.813. The molecule has 0 bridgehead atoms. The summed E-state index contributed by atoms with van der Waals surface area (Å²) in [6.45, 7) is 0. The van der Waals surface area contributed by atoms with Gasteiger partial charge in [-0.15, -0.1) is 0 Å². The molecule has 1 aromatic heterocycles. The number of benzene rings is 3. The molecule has 8 nitrogen and oxygen atoms in total. The normalized spacial score (nSPS) is 17.1. The van der Waals surface area contributed by atoms with Crippen molar-refractivity contribution in [1.29, 1.82) is 0 Å². The van der Waals surface area contributed by atoms with Gasteiger partial charge < -0.3 is 23.5 Å². The van der Waals surface area contributed by atoms with Gasteiger partial charge in [0.2, 0.25) is 5.78 Å². The van der Waals surface area contributed by atoms with Crippen LogP contribution in [0.15, 0.2) is 71.2 Å². The van der Waals surface area contributed by atoms with E-state index in [9.17, 15) is 14.4 Å². The largest absolute Gasteiger partial charge is 0.497 e. The molecule has 1 atom stereocenters. The fourth-order valence-corrected chi connectivity index (χ4v) is 5.07. The maximum absolute atomic E-state index is 13.6. The molecule has 0 amide bonds. The van der Waals surface area contributed by atoms with Crippen molar-refractivity contribution in [2.24, 2.45) is 7.05 Å². The molecule has 0 aliphatic carbocycles. The summed E-state index contributed by atoms with van der Waals surface area (Å²) in [6.07, 6.45) is 1.59. The Bertz CT molecular complexity index is 1730. The predicted molar refractivity (Wildman–Crippen MR) is 140 cm³/mol. The predicted octanol–water partition coefficient (Wildman–Crippen LogP) is 4.61. The number of ether oxygens (including phenoxy) is 4. The van der Waals surface area contributed by atoms with Crippen LogP contribution in [-0.2, 0) is 11.8 Å². The van der Waals surface area contributed by atoms with Crippen LogP contribution in [0.25, 0.3) is 17.0 Å². The Morgan fingerprint density at radius 1 is 0.895 bits per heavy atom. The lowest BCUT2D eigenvalue weighted by atomic mass is 9.84. The van der Waals surface area contributed by atoms with E-state index in [0.717, 1.165) is 10.9 Å². The van der Waals surface area contributed by atoms with Crippen LogP contribution >= 0.6 is 0 Å². The number of aromatic nitrogens is 1. The van der Waals surface area contributed by atoms with Crippen LogP contribution in [0.1, 0.15) is 39.4 Å². The number of carbonyl (C=O) groups excluding carboxylic acids is 2. The van der Waals surface area contributed by atoms with Gasteiger partial charge in [-0.25, -0.2) is 0 Å². The number of hydrogen-bond donors (Lipinski definition) is 0. The summed E-state index contributed by atoms with van der Waals surface area (Å²) in [5.74, 6) is 0.663. The zero-order valence-electron chi connectivity index (χ0n) is 20.9. The number of fused-ring (bicyclic) bond motifs is 4. The summed E-state index contributed by atoms with van der Waals surface area (Å²) in [5.41, 5.74) is 2.49. The summed E-state index contributed by atoms with van der Waals surface area (Å²) >= 11 is 0. The van der Waals surface area contributed by atoms with E-state index in [-0.39, 0.29) is 29.3 Å². The molecule has 0 spiro atoms. The number of pyridine rings is 1. The van der Waals surface area contributed by atoms with Gasteiger partial charge in [0.25, 0.3) is 5.56 Å². The minimum Gasteiger partial charge on any atom is -0.497 e. The van der Waals surface area contributed by atoms with E-state index in [1.807, 2.05) is 24.3 Å². The van der Waals surface area contributed by atoms with Crippen LogP contribution in [0.5, 0.6) is 23.0 Å². The van der Waals surface area contributed by atoms with Gasteiger partial charge in [0.1, 0.15) is 23.0 Å². The van der Waals surface area contributed by atoms with Crippen molar-refractivity contribution >= 4 is 28.7 Å². The average molecular weight is 510 g/mol. The van der Waals surface area contributed by atoms with Crippen molar-refractivity contribution in [2.75, 3.05) is 14.2 Å². The summed E-state index contributed by atoms with van der Waals surface area (Å²) in [6, 6.07) is 17.7. The molecule has 0 saturated heterocycles. The van der Waals surface area contributed by atoms with E-state index in [1.54, 1.807) is 63.7 Å². The lowest BCUT2D eigenvalue weighted by molar-refractivity contribution is -0.135. The molecule has 0 saturated carbocycles. The maximum atomic E-state index is 13.6. The van der Waals surface area contributed by atoms with Crippen molar-refractivity contribution in [3.05, 3.63) is 99.0 Å². The number of ketones is 1. The van der Waals surface area contributed by atoms with E-state index in [0.29, 0.717) is 39.5 Å². The Kier molecular flexibility index (Phi) is 5.52. The lowest BCUT2D eigenvalue weighted by Crippen LogP contribution is -2.29. The Labute approximate surface area is 217 Å². The standard InChI is InChI=1S/C30H23NO7/c1-31-23-14-19(36-3)9-6-17(23)13-22(30(31)34)21-15-26(32)37-24-11-10-20-28(33)25(38-29(20)27(21)24)12-16-4-7-18(35-2)8-5-16/h4-14,21H,15H2,1-3H3/b25-12-/t21-/m0/s1. The molecule has 4 aromatic rings. The third kappa shape index (κ3) is 3.73. The second-order valence-electron chi connectivity index (χ2n) is 9.19. The van der Waals surface area contributed by atoms with Crippen LogP contribution < -0.4 is 24.5 Å². The number of methoxy groups -OCH3 is 2. The van der Waals surface area contributed by atoms with Crippen LogP contribution in [0, 0.1) is 0 Å². The molecule has 2 aliphatic rings. The molecule has 190 valence electrons. The Morgan fingerprint density at radius 2 is 1.63 bits per heavy atom. The van der Waals surface area contributed by atoms with Gasteiger partial charge in [-0.05, 0) is 59.5 Å². The Hall–Kier alpha value is -4.85. The van der Waals surface area contributed by atoms with Crippen molar-refractivity contribution in [3.8, 4) is 23.0 Å². The van der Waals surface area contributed by atoms with E-state index in [1.165, 1.54) is 4.57 Å². The SMILES string of the molecule is COc1ccc(/C=C2\Oc3c(ccc4c3[C@H](c3cc5ccc(OC)cc5n(C)c3=O)CC(=O)O4)C2=O)cc1. The second kappa shape index (κ2) is 8.92. The van der Waals surface area contributed by atoms with Crippen LogP contribution in [-0.4, -0.2) is 30.5 Å². The number of carbonyl (C=O) groups is 2. The van der Waals surface area contributed by atoms with Gasteiger partial charge in [-0.2, -0.15) is 0 Å². The number of aryl methyl sites for hydroxylation is 1. The van der Waals surface area contributed by atoms with Gasteiger partial charge in [0.05, 0.1) is 31.7 Å². The van der Waals surface area contributed by atoms with E-state index in [4.69, 9.17) is 18.9 Å². The average Bonchev–Trinajstić information content (AvgIpc) is 3.25. The van der Waals surface area contributed by atoms with Crippen LogP contribution in [0.3, 0.4) is 0 Å². The molecular formula is C30H23NO7. The summed E-state index contributed by atoms with van der Waals surface area (Å²) in [4.78, 5) is 39.4. The summed E-state index contributed by atoms with van der Waals surface area (Å²) < 4.78 is 23.7. The topological polar surface area (TPSA) is 93.1 Å². The quantitative estimate of drug-likeness (QED) is 0.225. The van der Waals surface area contributed by atoms with Crippen LogP contribution in [0.2, 0.25) is 0 Å². The minimum absolute atomic E-state index is 0.0601. The molecule has 0 fully saturated rings. The maximum Gasteiger partial charge on any atom is 0.312 e. The molecule has 6 rings (SSSR count). The highest BCUT2D eigenvalue weighted by molar-refractivity contribution is 6.15. The highest BCUT2D eigenvalue weighted by atomic mass is 16.5. The smallest absolute Gasteiger partial charge is 0.312 e. The van der Waals surface area contributed by atoms with E-state index in [2.05, 4.69) is 0 Å². The Morgan fingerprint density at radius 3 is 2.37 bits per heavy atom. The molecule has 38 heavy (non-hydrogen) atoms. The van der Waals surface area contributed by atoms with Gasteiger partial charge in [-0.1, -0.05) is 12.1 Å². The van der Waals surface area contributed by atoms with Gasteiger partial charge >= 0.3 is 5.97 Å². The van der Waals surface area contributed by atoms with Crippen molar-refractivity contribution < 1.29 is 28.5 Å².